The van der Waals surface area contributed by atoms with Gasteiger partial charge in [0, 0.05) is 24.1 Å². The van der Waals surface area contributed by atoms with Gasteiger partial charge in [0.05, 0.1) is 11.2 Å². The van der Waals surface area contributed by atoms with Crippen molar-refractivity contribution in [3.05, 3.63) is 54.2 Å². The fraction of sp³-hybridized carbons (Fsp3) is 0.238. The van der Waals surface area contributed by atoms with Crippen LogP contribution in [0.3, 0.4) is 0 Å². The second-order valence-electron chi connectivity index (χ2n) is 6.89. The molecule has 29 heavy (non-hydrogen) atoms. The fourth-order valence-corrected chi connectivity index (χ4v) is 3.34. The highest BCUT2D eigenvalue weighted by molar-refractivity contribution is 5.91. The first-order valence-corrected chi connectivity index (χ1v) is 9.37. The fourth-order valence-electron chi connectivity index (χ4n) is 3.34. The summed E-state index contributed by atoms with van der Waals surface area (Å²) < 4.78 is 18.1. The number of hydrogen-bond donors (Lipinski definition) is 2. The van der Waals surface area contributed by atoms with Crippen LogP contribution < -0.4 is 19.5 Å². The highest BCUT2D eigenvalue weighted by Crippen LogP contribution is 2.35. The number of benzene rings is 2. The normalized spacial score (nSPS) is 13.7. The average Bonchev–Trinajstić information content (AvgIpc) is 3.35. The molecule has 0 aliphatic carbocycles. The number of aliphatic hydroxyl groups is 1. The van der Waals surface area contributed by atoms with Gasteiger partial charge in [0.15, 0.2) is 17.1 Å². The summed E-state index contributed by atoms with van der Waals surface area (Å²) in [6, 6.07) is 15.2. The predicted octanol–water partition coefficient (Wildman–Crippen LogP) is 2.77. The van der Waals surface area contributed by atoms with E-state index >= 15 is 0 Å². The zero-order chi connectivity index (χ0) is 19.8. The molecular weight excluding hydrogens is 372 g/mol. The molecule has 2 aromatic heterocycles. The second kappa shape index (κ2) is 7.14. The maximum Gasteiger partial charge on any atom is 0.231 e. The van der Waals surface area contributed by atoms with Gasteiger partial charge >= 0.3 is 0 Å². The van der Waals surface area contributed by atoms with Crippen molar-refractivity contribution in [2.45, 2.75) is 13.0 Å². The van der Waals surface area contributed by atoms with Crippen molar-refractivity contribution in [2.24, 2.45) is 0 Å². The molecular formula is C21H20N4O4. The maximum atomic E-state index is 10.4. The van der Waals surface area contributed by atoms with E-state index in [1.807, 2.05) is 41.8 Å². The molecule has 8 nitrogen and oxygen atoms in total. The summed E-state index contributed by atoms with van der Waals surface area (Å²) in [5.41, 5.74) is 2.62. The second-order valence-corrected chi connectivity index (χ2v) is 6.89. The number of fused-ring (bicyclic) bond motifs is 4. The van der Waals surface area contributed by atoms with E-state index in [-0.39, 0.29) is 13.4 Å². The van der Waals surface area contributed by atoms with E-state index in [1.54, 1.807) is 18.2 Å². The molecule has 8 heteroatoms. The standard InChI is InChI=1S/C21H20N4O4/c1-13-8-20-23-21(16-4-2-3-5-17(16)25(20)24-13)22-10-14(26)11-27-15-6-7-18-19(9-15)29-12-28-18/h2-9,14,26H,10-12H2,1H3,(H,22,23). The Morgan fingerprint density at radius 3 is 2.97 bits per heavy atom. The van der Waals surface area contributed by atoms with Crippen LogP contribution in [0.15, 0.2) is 48.5 Å². The number of nitrogens with one attached hydrogen (secondary N) is 1. The van der Waals surface area contributed by atoms with Crippen molar-refractivity contribution in [1.82, 2.24) is 14.6 Å². The van der Waals surface area contributed by atoms with Gasteiger partial charge in [0.25, 0.3) is 0 Å². The molecule has 0 bridgehead atoms. The zero-order valence-corrected chi connectivity index (χ0v) is 15.8. The van der Waals surface area contributed by atoms with Crippen LogP contribution in [0.1, 0.15) is 5.69 Å². The number of ether oxygens (including phenoxy) is 3. The first kappa shape index (κ1) is 17.6. The van der Waals surface area contributed by atoms with E-state index in [9.17, 15) is 5.11 Å². The van der Waals surface area contributed by atoms with Crippen molar-refractivity contribution in [1.29, 1.82) is 0 Å². The third kappa shape index (κ3) is 3.38. The van der Waals surface area contributed by atoms with Gasteiger partial charge in [-0.15, -0.1) is 0 Å². The Morgan fingerprint density at radius 2 is 2.03 bits per heavy atom. The molecule has 1 aliphatic rings. The van der Waals surface area contributed by atoms with Crippen LogP contribution in [-0.2, 0) is 0 Å². The molecule has 0 fully saturated rings. The van der Waals surface area contributed by atoms with Gasteiger partial charge in [-0.05, 0) is 31.2 Å². The lowest BCUT2D eigenvalue weighted by molar-refractivity contribution is 0.117. The van der Waals surface area contributed by atoms with Gasteiger partial charge < -0.3 is 24.6 Å². The molecule has 1 atom stereocenters. The molecule has 0 radical (unpaired) electrons. The van der Waals surface area contributed by atoms with Gasteiger partial charge in [0.1, 0.15) is 24.3 Å². The molecule has 0 amide bonds. The minimum Gasteiger partial charge on any atom is -0.491 e. The van der Waals surface area contributed by atoms with Crippen molar-refractivity contribution >= 4 is 22.4 Å². The van der Waals surface area contributed by atoms with Gasteiger partial charge in [0.2, 0.25) is 6.79 Å². The first-order chi connectivity index (χ1) is 14.2. The lowest BCUT2D eigenvalue weighted by Gasteiger charge is -2.15. The van der Waals surface area contributed by atoms with Crippen LogP contribution in [0.4, 0.5) is 5.82 Å². The number of para-hydroxylation sites is 1. The molecule has 0 saturated heterocycles. The third-order valence-corrected chi connectivity index (χ3v) is 4.72. The average molecular weight is 392 g/mol. The van der Waals surface area contributed by atoms with E-state index in [2.05, 4.69) is 15.4 Å². The number of aromatic nitrogens is 3. The van der Waals surface area contributed by atoms with Crippen molar-refractivity contribution in [2.75, 3.05) is 25.3 Å². The van der Waals surface area contributed by atoms with Crippen LogP contribution in [0.25, 0.3) is 16.6 Å². The number of nitrogens with zero attached hydrogens (tertiary/aromatic N) is 3. The van der Waals surface area contributed by atoms with E-state index in [4.69, 9.17) is 14.2 Å². The van der Waals surface area contributed by atoms with E-state index < -0.39 is 6.10 Å². The highest BCUT2D eigenvalue weighted by atomic mass is 16.7. The molecule has 2 N–H and O–H groups in total. The Bertz CT molecular complexity index is 1190. The Kier molecular flexibility index (Phi) is 4.33. The lowest BCUT2D eigenvalue weighted by Crippen LogP contribution is -2.26. The SMILES string of the molecule is Cc1cc2nc(NCC(O)COc3ccc4c(c3)OCO4)c3ccccc3n2n1. The summed E-state index contributed by atoms with van der Waals surface area (Å²) in [6.45, 7) is 2.59. The van der Waals surface area contributed by atoms with Crippen LogP contribution in [0, 0.1) is 6.92 Å². The Labute approximate surface area is 166 Å². The van der Waals surface area contributed by atoms with E-state index in [0.29, 0.717) is 29.6 Å². The van der Waals surface area contributed by atoms with Gasteiger partial charge in [-0.25, -0.2) is 9.50 Å². The Morgan fingerprint density at radius 1 is 1.17 bits per heavy atom. The summed E-state index contributed by atoms with van der Waals surface area (Å²) in [5.74, 6) is 2.67. The molecule has 0 spiro atoms. The molecule has 1 unspecified atom stereocenters. The predicted molar refractivity (Wildman–Crippen MR) is 108 cm³/mol. The summed E-state index contributed by atoms with van der Waals surface area (Å²) in [5, 5.41) is 19.0. The topological polar surface area (TPSA) is 90.1 Å². The van der Waals surface area contributed by atoms with Crippen LogP contribution >= 0.6 is 0 Å². The maximum absolute atomic E-state index is 10.4. The van der Waals surface area contributed by atoms with Crippen molar-refractivity contribution in [3.8, 4) is 17.2 Å². The van der Waals surface area contributed by atoms with Crippen molar-refractivity contribution in [3.63, 3.8) is 0 Å². The first-order valence-electron chi connectivity index (χ1n) is 9.37. The zero-order valence-electron chi connectivity index (χ0n) is 15.8. The van der Waals surface area contributed by atoms with Gasteiger partial charge in [-0.2, -0.15) is 5.10 Å². The molecule has 5 rings (SSSR count). The third-order valence-electron chi connectivity index (χ3n) is 4.72. The summed E-state index contributed by atoms with van der Waals surface area (Å²) in [4.78, 5) is 4.66. The highest BCUT2D eigenvalue weighted by Gasteiger charge is 2.15. The lowest BCUT2D eigenvalue weighted by atomic mass is 10.2. The number of hydrogen-bond acceptors (Lipinski definition) is 7. The number of aliphatic hydroxyl groups excluding tert-OH is 1. The molecule has 3 heterocycles. The van der Waals surface area contributed by atoms with Crippen LogP contribution in [0.5, 0.6) is 17.2 Å². The Balaban J connectivity index is 1.28. The molecule has 0 saturated carbocycles. The van der Waals surface area contributed by atoms with E-state index in [0.717, 1.165) is 22.2 Å². The van der Waals surface area contributed by atoms with Crippen molar-refractivity contribution < 1.29 is 19.3 Å². The number of anilines is 1. The largest absolute Gasteiger partial charge is 0.491 e. The Hall–Kier alpha value is -3.52. The molecule has 4 aromatic rings. The van der Waals surface area contributed by atoms with Crippen LogP contribution in [-0.4, -0.2) is 45.8 Å². The molecule has 148 valence electrons. The molecule has 1 aliphatic heterocycles. The quantitative estimate of drug-likeness (QED) is 0.521. The summed E-state index contributed by atoms with van der Waals surface area (Å²) in [7, 11) is 0. The summed E-state index contributed by atoms with van der Waals surface area (Å²) >= 11 is 0. The minimum absolute atomic E-state index is 0.138. The number of aryl methyl sites for hydroxylation is 1. The smallest absolute Gasteiger partial charge is 0.231 e. The number of rotatable bonds is 6. The minimum atomic E-state index is -0.719. The molecule has 2 aromatic carbocycles. The van der Waals surface area contributed by atoms with E-state index in [1.165, 1.54) is 0 Å². The summed E-state index contributed by atoms with van der Waals surface area (Å²) in [6.07, 6.45) is -0.719. The van der Waals surface area contributed by atoms with Gasteiger partial charge in [-0.3, -0.25) is 0 Å². The van der Waals surface area contributed by atoms with Crippen LogP contribution in [0.2, 0.25) is 0 Å². The monoisotopic (exact) mass is 392 g/mol. The van der Waals surface area contributed by atoms with Gasteiger partial charge in [-0.1, -0.05) is 12.1 Å².